The van der Waals surface area contributed by atoms with Gasteiger partial charge in [0.05, 0.1) is 6.54 Å². The number of carbonyl (C=O) groups is 2. The fourth-order valence-corrected chi connectivity index (χ4v) is 2.13. The van der Waals surface area contributed by atoms with Crippen LogP contribution in [0.3, 0.4) is 0 Å². The smallest absolute Gasteiger partial charge is 0.239 e. The lowest BCUT2D eigenvalue weighted by atomic mass is 10.2. The van der Waals surface area contributed by atoms with Gasteiger partial charge in [-0.15, -0.1) is 0 Å². The number of nitrogens with zero attached hydrogens (tertiary/aromatic N) is 1. The second-order valence-electron chi connectivity index (χ2n) is 4.49. The van der Waals surface area contributed by atoms with Crippen molar-refractivity contribution in [1.29, 1.82) is 0 Å². The maximum absolute atomic E-state index is 11.7. The van der Waals surface area contributed by atoms with Gasteiger partial charge in [-0.1, -0.05) is 19.8 Å². The fourth-order valence-electron chi connectivity index (χ4n) is 2.13. The third-order valence-corrected chi connectivity index (χ3v) is 2.99. The van der Waals surface area contributed by atoms with Crippen molar-refractivity contribution in [2.45, 2.75) is 52.0 Å². The van der Waals surface area contributed by atoms with E-state index < -0.39 is 0 Å². The number of hydrogen-bond acceptors (Lipinski definition) is 2. The second kappa shape index (κ2) is 6.51. The number of carbonyl (C=O) groups excluding carboxylic acids is 2. The Hall–Kier alpha value is -1.06. The van der Waals surface area contributed by atoms with Crippen molar-refractivity contribution >= 4 is 11.8 Å². The van der Waals surface area contributed by atoms with Crippen LogP contribution in [0, 0.1) is 0 Å². The standard InChI is InChI=1S/C12H22N2O2/c1-3-8-14(10(2)15)9-12(16)13-11-6-4-5-7-11/h11H,3-9H2,1-2H3,(H,13,16). The minimum absolute atomic E-state index is 0.0180. The van der Waals surface area contributed by atoms with E-state index in [0.29, 0.717) is 12.6 Å². The van der Waals surface area contributed by atoms with Crippen molar-refractivity contribution in [2.75, 3.05) is 13.1 Å². The molecule has 0 unspecified atom stereocenters. The molecule has 0 heterocycles. The summed E-state index contributed by atoms with van der Waals surface area (Å²) in [4.78, 5) is 24.5. The summed E-state index contributed by atoms with van der Waals surface area (Å²) in [7, 11) is 0. The first-order valence-electron chi connectivity index (χ1n) is 6.18. The van der Waals surface area contributed by atoms with Gasteiger partial charge in [-0.2, -0.15) is 0 Å². The fraction of sp³-hybridized carbons (Fsp3) is 0.833. The van der Waals surface area contributed by atoms with Gasteiger partial charge in [0.1, 0.15) is 0 Å². The molecule has 1 fully saturated rings. The molecule has 2 amide bonds. The van der Waals surface area contributed by atoms with Gasteiger partial charge >= 0.3 is 0 Å². The minimum atomic E-state index is -0.0246. The Morgan fingerprint density at radius 1 is 1.31 bits per heavy atom. The molecule has 1 N–H and O–H groups in total. The Morgan fingerprint density at radius 2 is 1.94 bits per heavy atom. The third kappa shape index (κ3) is 4.21. The van der Waals surface area contributed by atoms with Crippen LogP contribution in [0.2, 0.25) is 0 Å². The van der Waals surface area contributed by atoms with Crippen molar-refractivity contribution in [1.82, 2.24) is 10.2 Å². The van der Waals surface area contributed by atoms with Crippen molar-refractivity contribution in [3.05, 3.63) is 0 Å². The summed E-state index contributed by atoms with van der Waals surface area (Å²) in [6, 6.07) is 0.336. The van der Waals surface area contributed by atoms with E-state index in [2.05, 4.69) is 5.32 Å². The Balaban J connectivity index is 2.32. The van der Waals surface area contributed by atoms with Crippen molar-refractivity contribution in [2.24, 2.45) is 0 Å². The summed E-state index contributed by atoms with van der Waals surface area (Å²) < 4.78 is 0. The van der Waals surface area contributed by atoms with Crippen molar-refractivity contribution in [3.63, 3.8) is 0 Å². The number of amides is 2. The SMILES string of the molecule is CCCN(CC(=O)NC1CCCC1)C(C)=O. The highest BCUT2D eigenvalue weighted by Crippen LogP contribution is 2.17. The predicted molar refractivity (Wildman–Crippen MR) is 62.9 cm³/mol. The maximum Gasteiger partial charge on any atom is 0.239 e. The van der Waals surface area contributed by atoms with Crippen LogP contribution in [-0.4, -0.2) is 35.8 Å². The van der Waals surface area contributed by atoms with Gasteiger partial charge in [-0.05, 0) is 19.3 Å². The van der Waals surface area contributed by atoms with Gasteiger partial charge < -0.3 is 10.2 Å². The molecule has 1 aliphatic rings. The summed E-state index contributed by atoms with van der Waals surface area (Å²) in [5.41, 5.74) is 0. The topological polar surface area (TPSA) is 49.4 Å². The van der Waals surface area contributed by atoms with Gasteiger partial charge in [0.2, 0.25) is 11.8 Å². The molecule has 0 radical (unpaired) electrons. The Labute approximate surface area is 97.4 Å². The average Bonchev–Trinajstić information content (AvgIpc) is 2.69. The van der Waals surface area contributed by atoms with E-state index in [1.807, 2.05) is 6.92 Å². The summed E-state index contributed by atoms with van der Waals surface area (Å²) >= 11 is 0. The molecule has 0 atom stereocenters. The molecule has 0 saturated heterocycles. The molecule has 16 heavy (non-hydrogen) atoms. The molecule has 0 aromatic rings. The lowest BCUT2D eigenvalue weighted by Crippen LogP contribution is -2.43. The summed E-state index contributed by atoms with van der Waals surface area (Å²) in [6.45, 7) is 4.39. The zero-order valence-corrected chi connectivity index (χ0v) is 10.3. The first-order valence-corrected chi connectivity index (χ1v) is 6.18. The van der Waals surface area contributed by atoms with Gasteiger partial charge in [0, 0.05) is 19.5 Å². The molecule has 1 saturated carbocycles. The van der Waals surface area contributed by atoms with Crippen molar-refractivity contribution in [3.8, 4) is 0 Å². The third-order valence-electron chi connectivity index (χ3n) is 2.99. The molecular weight excluding hydrogens is 204 g/mol. The Morgan fingerprint density at radius 3 is 2.44 bits per heavy atom. The lowest BCUT2D eigenvalue weighted by Gasteiger charge is -2.21. The zero-order chi connectivity index (χ0) is 12.0. The van der Waals surface area contributed by atoms with Gasteiger partial charge in [0.25, 0.3) is 0 Å². The normalized spacial score (nSPS) is 16.1. The largest absolute Gasteiger partial charge is 0.352 e. The average molecular weight is 226 g/mol. The molecule has 1 rings (SSSR count). The molecular formula is C12H22N2O2. The zero-order valence-electron chi connectivity index (χ0n) is 10.3. The van der Waals surface area contributed by atoms with Crippen LogP contribution in [0.1, 0.15) is 46.0 Å². The van der Waals surface area contributed by atoms with Crippen LogP contribution in [-0.2, 0) is 9.59 Å². The van der Waals surface area contributed by atoms with E-state index in [1.54, 1.807) is 4.90 Å². The second-order valence-corrected chi connectivity index (χ2v) is 4.49. The number of rotatable bonds is 5. The monoisotopic (exact) mass is 226 g/mol. The first kappa shape index (κ1) is 13.0. The lowest BCUT2D eigenvalue weighted by molar-refractivity contribution is -0.134. The molecule has 0 aliphatic heterocycles. The van der Waals surface area contributed by atoms with Gasteiger partial charge in [-0.25, -0.2) is 0 Å². The van der Waals surface area contributed by atoms with Crippen LogP contribution in [0.15, 0.2) is 0 Å². The highest BCUT2D eigenvalue weighted by Gasteiger charge is 2.19. The maximum atomic E-state index is 11.7. The molecule has 4 heteroatoms. The molecule has 0 aromatic heterocycles. The molecule has 0 spiro atoms. The summed E-state index contributed by atoms with van der Waals surface area (Å²) in [5.74, 6) is -0.0426. The van der Waals surface area contributed by atoms with Gasteiger partial charge in [-0.3, -0.25) is 9.59 Å². The molecule has 0 aromatic carbocycles. The quantitative estimate of drug-likeness (QED) is 0.768. The van der Waals surface area contributed by atoms with E-state index in [0.717, 1.165) is 19.3 Å². The molecule has 92 valence electrons. The van der Waals surface area contributed by atoms with Crippen LogP contribution in [0.4, 0.5) is 0 Å². The number of hydrogen-bond donors (Lipinski definition) is 1. The van der Waals surface area contributed by atoms with E-state index in [-0.39, 0.29) is 18.4 Å². The highest BCUT2D eigenvalue weighted by molar-refractivity contribution is 5.83. The predicted octanol–water partition coefficient (Wildman–Crippen LogP) is 1.30. The molecule has 1 aliphatic carbocycles. The van der Waals surface area contributed by atoms with Crippen LogP contribution in [0.25, 0.3) is 0 Å². The Kier molecular flexibility index (Phi) is 5.29. The van der Waals surface area contributed by atoms with E-state index in [9.17, 15) is 9.59 Å². The molecule has 0 bridgehead atoms. The molecule has 4 nitrogen and oxygen atoms in total. The summed E-state index contributed by atoms with van der Waals surface area (Å²) in [6.07, 6.45) is 5.46. The summed E-state index contributed by atoms with van der Waals surface area (Å²) in [5, 5.41) is 2.99. The van der Waals surface area contributed by atoms with Crippen molar-refractivity contribution < 1.29 is 9.59 Å². The Bertz CT molecular complexity index is 247. The minimum Gasteiger partial charge on any atom is -0.352 e. The number of nitrogens with one attached hydrogen (secondary N) is 1. The van der Waals surface area contributed by atoms with E-state index >= 15 is 0 Å². The van der Waals surface area contributed by atoms with Crippen LogP contribution in [0.5, 0.6) is 0 Å². The first-order chi connectivity index (χ1) is 7.63. The van der Waals surface area contributed by atoms with Crippen LogP contribution < -0.4 is 5.32 Å². The van der Waals surface area contributed by atoms with Gasteiger partial charge in [0.15, 0.2) is 0 Å². The van der Waals surface area contributed by atoms with E-state index in [4.69, 9.17) is 0 Å². The van der Waals surface area contributed by atoms with Crippen LogP contribution >= 0.6 is 0 Å². The highest BCUT2D eigenvalue weighted by atomic mass is 16.2. The van der Waals surface area contributed by atoms with E-state index in [1.165, 1.54) is 19.8 Å².